The van der Waals surface area contributed by atoms with Crippen molar-refractivity contribution in [2.24, 2.45) is 10.8 Å². The molecular formula is C46H57N. The van der Waals surface area contributed by atoms with Crippen LogP contribution in [0.15, 0.2) is 84.9 Å². The highest BCUT2D eigenvalue weighted by Crippen LogP contribution is 2.55. The Balaban J connectivity index is 1.42. The third kappa shape index (κ3) is 5.98. The molecule has 7 rings (SSSR count). The predicted molar refractivity (Wildman–Crippen MR) is 203 cm³/mol. The van der Waals surface area contributed by atoms with Crippen molar-refractivity contribution in [3.63, 3.8) is 0 Å². The van der Waals surface area contributed by atoms with Crippen LogP contribution in [0.25, 0.3) is 22.3 Å². The van der Waals surface area contributed by atoms with E-state index in [0.29, 0.717) is 28.7 Å². The third-order valence-corrected chi connectivity index (χ3v) is 12.5. The summed E-state index contributed by atoms with van der Waals surface area (Å²) in [4.78, 5) is 2.76. The van der Waals surface area contributed by atoms with Gasteiger partial charge < -0.3 is 4.90 Å². The van der Waals surface area contributed by atoms with Gasteiger partial charge in [-0.2, -0.15) is 0 Å². The second-order valence-corrected chi connectivity index (χ2v) is 17.6. The molecule has 3 aliphatic carbocycles. The van der Waals surface area contributed by atoms with Crippen LogP contribution in [0.4, 0.5) is 11.4 Å². The molecule has 1 heteroatoms. The minimum absolute atomic E-state index is 0.0225. The van der Waals surface area contributed by atoms with E-state index in [0.717, 1.165) is 0 Å². The van der Waals surface area contributed by atoms with Crippen molar-refractivity contribution < 1.29 is 0 Å². The molecule has 0 spiro atoms. The van der Waals surface area contributed by atoms with Gasteiger partial charge in [0.05, 0.1) is 0 Å². The maximum atomic E-state index is 2.76. The van der Waals surface area contributed by atoms with Crippen LogP contribution in [-0.2, 0) is 5.41 Å². The Bertz CT molecular complexity index is 1730. The van der Waals surface area contributed by atoms with Crippen LogP contribution in [0.2, 0.25) is 0 Å². The molecule has 246 valence electrons. The monoisotopic (exact) mass is 623 g/mol. The number of nitrogens with zero attached hydrogens (tertiary/aromatic N) is 1. The van der Waals surface area contributed by atoms with Crippen LogP contribution in [0, 0.1) is 10.8 Å². The van der Waals surface area contributed by atoms with E-state index in [-0.39, 0.29) is 5.41 Å². The van der Waals surface area contributed by atoms with E-state index in [1.807, 2.05) is 0 Å². The molecule has 3 aliphatic rings. The highest BCUT2D eigenvalue weighted by Gasteiger charge is 2.39. The molecule has 0 N–H and O–H groups in total. The lowest BCUT2D eigenvalue weighted by Gasteiger charge is -2.41. The van der Waals surface area contributed by atoms with Gasteiger partial charge in [0.15, 0.2) is 0 Å². The van der Waals surface area contributed by atoms with Crippen molar-refractivity contribution >= 4 is 11.4 Å². The Morgan fingerprint density at radius 1 is 0.532 bits per heavy atom. The molecule has 0 atom stereocenters. The lowest BCUT2D eigenvalue weighted by atomic mass is 9.70. The summed E-state index contributed by atoms with van der Waals surface area (Å²) in [6.07, 6.45) is 10.3. The topological polar surface area (TPSA) is 3.24 Å². The summed E-state index contributed by atoms with van der Waals surface area (Å²) in [5, 5.41) is 0. The third-order valence-electron chi connectivity index (χ3n) is 12.5. The molecule has 1 nitrogen and oxygen atoms in total. The zero-order valence-corrected chi connectivity index (χ0v) is 30.4. The minimum atomic E-state index is -0.0225. The fraction of sp³-hybridized carbons (Fsp3) is 0.478. The van der Waals surface area contributed by atoms with Gasteiger partial charge in [0, 0.05) is 22.8 Å². The van der Waals surface area contributed by atoms with E-state index in [1.165, 1.54) is 96.1 Å². The van der Waals surface area contributed by atoms with Gasteiger partial charge in [0.25, 0.3) is 0 Å². The maximum Gasteiger partial charge on any atom is 0.0452 e. The standard InChI is InChI=1S/C46H57N/c1-31(2)47(42-19-18-35(32-14-10-9-11-15-32)28-37(42)33-20-24-44(3,4)25-21-33)43-30-41-39(36-16-12-13-17-40(36)46(41,7)8)29-38(43)34-22-26-45(5,6)27-23-34/h9-19,28-31,33-34H,20-27H2,1-8H3. The summed E-state index contributed by atoms with van der Waals surface area (Å²) in [5.41, 5.74) is 15.4. The van der Waals surface area contributed by atoms with Gasteiger partial charge in [-0.25, -0.2) is 0 Å². The Morgan fingerprint density at radius 3 is 1.68 bits per heavy atom. The Labute approximate surface area is 285 Å². The quantitative estimate of drug-likeness (QED) is 0.206. The van der Waals surface area contributed by atoms with Crippen molar-refractivity contribution in [1.82, 2.24) is 0 Å². The molecule has 0 unspecified atom stereocenters. The van der Waals surface area contributed by atoms with E-state index >= 15 is 0 Å². The smallest absolute Gasteiger partial charge is 0.0452 e. The van der Waals surface area contributed by atoms with Gasteiger partial charge in [0.1, 0.15) is 0 Å². The van der Waals surface area contributed by atoms with Crippen molar-refractivity contribution in [3.05, 3.63) is 107 Å². The van der Waals surface area contributed by atoms with E-state index in [4.69, 9.17) is 0 Å². The Kier molecular flexibility index (Phi) is 8.22. The molecule has 0 saturated heterocycles. The van der Waals surface area contributed by atoms with E-state index in [2.05, 4.69) is 145 Å². The average molecular weight is 624 g/mol. The summed E-state index contributed by atoms with van der Waals surface area (Å²) >= 11 is 0. The summed E-state index contributed by atoms with van der Waals surface area (Å²) < 4.78 is 0. The first-order valence-electron chi connectivity index (χ1n) is 18.6. The van der Waals surface area contributed by atoms with Gasteiger partial charge >= 0.3 is 0 Å². The maximum absolute atomic E-state index is 2.76. The van der Waals surface area contributed by atoms with Crippen molar-refractivity contribution in [1.29, 1.82) is 0 Å². The second-order valence-electron chi connectivity index (χ2n) is 17.6. The number of anilines is 2. The van der Waals surface area contributed by atoms with Crippen LogP contribution in [0.3, 0.4) is 0 Å². The Morgan fingerprint density at radius 2 is 1.09 bits per heavy atom. The fourth-order valence-electron chi connectivity index (χ4n) is 9.31. The zero-order chi connectivity index (χ0) is 33.1. The Hall–Kier alpha value is -3.32. The first kappa shape index (κ1) is 32.2. The first-order valence-corrected chi connectivity index (χ1v) is 18.6. The highest BCUT2D eigenvalue weighted by atomic mass is 15.2. The van der Waals surface area contributed by atoms with Crippen LogP contribution in [0.1, 0.15) is 141 Å². The number of fused-ring (bicyclic) bond motifs is 3. The molecule has 0 amide bonds. The molecule has 0 radical (unpaired) electrons. The lowest BCUT2D eigenvalue weighted by Crippen LogP contribution is -2.30. The fourth-order valence-corrected chi connectivity index (χ4v) is 9.31. The molecular weight excluding hydrogens is 567 g/mol. The van der Waals surface area contributed by atoms with Crippen molar-refractivity contribution in [3.8, 4) is 22.3 Å². The van der Waals surface area contributed by atoms with Gasteiger partial charge in [-0.15, -0.1) is 0 Å². The summed E-state index contributed by atoms with van der Waals surface area (Å²) in [6, 6.07) is 33.3. The summed E-state index contributed by atoms with van der Waals surface area (Å²) in [5.74, 6) is 1.17. The SMILES string of the molecule is CC(C)N(c1ccc(-c2ccccc2)cc1C1CCC(C)(C)CC1)c1cc2c(cc1C1CCC(C)(C)CC1)-c1ccccc1C2(C)C. The van der Waals surface area contributed by atoms with Crippen LogP contribution in [-0.4, -0.2) is 6.04 Å². The molecule has 4 aromatic carbocycles. The summed E-state index contributed by atoms with van der Waals surface area (Å²) in [6.45, 7) is 19.6. The minimum Gasteiger partial charge on any atom is -0.338 e. The van der Waals surface area contributed by atoms with Crippen molar-refractivity contribution in [2.45, 2.75) is 130 Å². The van der Waals surface area contributed by atoms with Gasteiger partial charge in [-0.1, -0.05) is 102 Å². The molecule has 2 saturated carbocycles. The largest absolute Gasteiger partial charge is 0.338 e. The molecule has 0 bridgehead atoms. The molecule has 0 heterocycles. The molecule has 4 aromatic rings. The molecule has 0 aromatic heterocycles. The molecule has 2 fully saturated rings. The van der Waals surface area contributed by atoms with Crippen LogP contribution >= 0.6 is 0 Å². The van der Waals surface area contributed by atoms with Crippen LogP contribution in [0.5, 0.6) is 0 Å². The normalized spacial score (nSPS) is 20.2. The van der Waals surface area contributed by atoms with Crippen molar-refractivity contribution in [2.75, 3.05) is 4.90 Å². The lowest BCUT2D eigenvalue weighted by molar-refractivity contribution is 0.224. The number of hydrogen-bond donors (Lipinski definition) is 0. The van der Waals surface area contributed by atoms with E-state index in [9.17, 15) is 0 Å². The average Bonchev–Trinajstić information content (AvgIpc) is 3.27. The van der Waals surface area contributed by atoms with E-state index in [1.54, 1.807) is 11.1 Å². The van der Waals surface area contributed by atoms with Crippen LogP contribution < -0.4 is 4.90 Å². The van der Waals surface area contributed by atoms with Gasteiger partial charge in [0.2, 0.25) is 0 Å². The zero-order valence-electron chi connectivity index (χ0n) is 30.4. The number of rotatable bonds is 6. The van der Waals surface area contributed by atoms with Gasteiger partial charge in [-0.05, 0) is 157 Å². The molecule has 47 heavy (non-hydrogen) atoms. The predicted octanol–water partition coefficient (Wildman–Crippen LogP) is 13.6. The van der Waals surface area contributed by atoms with Gasteiger partial charge in [-0.3, -0.25) is 0 Å². The second kappa shape index (κ2) is 12.0. The van der Waals surface area contributed by atoms with E-state index < -0.39 is 0 Å². The highest BCUT2D eigenvalue weighted by molar-refractivity contribution is 5.86. The first-order chi connectivity index (χ1) is 22.3. The summed E-state index contributed by atoms with van der Waals surface area (Å²) in [7, 11) is 0. The number of benzene rings is 4. The number of hydrogen-bond acceptors (Lipinski definition) is 1. The molecule has 0 aliphatic heterocycles.